The van der Waals surface area contributed by atoms with Gasteiger partial charge in [-0.25, -0.2) is 0 Å². The van der Waals surface area contributed by atoms with Crippen LogP contribution in [-0.2, 0) is 0 Å². The standard InChI is InChI=1S/C19H18BrNOS/c1-11-5-7-14-16(9-11)23-19(21(3)4)17(14)18(22)13-6-8-15(20)12(2)10-13/h5-10H,1-4H3. The van der Waals surface area contributed by atoms with Crippen LogP contribution in [0, 0.1) is 13.8 Å². The van der Waals surface area contributed by atoms with Gasteiger partial charge in [0.05, 0.1) is 5.56 Å². The zero-order chi connectivity index (χ0) is 16.7. The van der Waals surface area contributed by atoms with Gasteiger partial charge in [-0.3, -0.25) is 4.79 Å². The average Bonchev–Trinajstić information content (AvgIpc) is 2.88. The van der Waals surface area contributed by atoms with Crippen LogP contribution in [0.5, 0.6) is 0 Å². The Balaban J connectivity index is 2.22. The molecule has 0 N–H and O–H groups in total. The molecule has 0 bridgehead atoms. The first kappa shape index (κ1) is 16.2. The number of thiophene rings is 1. The Labute approximate surface area is 148 Å². The number of nitrogens with zero attached hydrogens (tertiary/aromatic N) is 1. The minimum atomic E-state index is 0.0828. The number of halogens is 1. The molecule has 0 aliphatic heterocycles. The molecule has 0 amide bonds. The fourth-order valence-corrected chi connectivity index (χ4v) is 4.12. The third-order valence-corrected chi connectivity index (χ3v) is 6.09. The molecule has 0 radical (unpaired) electrons. The molecule has 3 aromatic rings. The molecule has 1 aromatic heterocycles. The van der Waals surface area contributed by atoms with Crippen molar-refractivity contribution in [2.24, 2.45) is 0 Å². The molecule has 3 rings (SSSR count). The van der Waals surface area contributed by atoms with Crippen LogP contribution in [0.2, 0.25) is 0 Å². The smallest absolute Gasteiger partial charge is 0.196 e. The molecule has 0 aliphatic carbocycles. The summed E-state index contributed by atoms with van der Waals surface area (Å²) < 4.78 is 2.18. The van der Waals surface area contributed by atoms with Crippen LogP contribution >= 0.6 is 27.3 Å². The van der Waals surface area contributed by atoms with Crippen molar-refractivity contribution in [2.45, 2.75) is 13.8 Å². The van der Waals surface area contributed by atoms with E-state index in [1.807, 2.05) is 44.1 Å². The van der Waals surface area contributed by atoms with E-state index in [0.717, 1.165) is 36.3 Å². The van der Waals surface area contributed by atoms with E-state index in [0.29, 0.717) is 0 Å². The maximum atomic E-state index is 13.2. The van der Waals surface area contributed by atoms with E-state index in [2.05, 4.69) is 41.1 Å². The highest BCUT2D eigenvalue weighted by Gasteiger charge is 2.22. The molecule has 0 aliphatic rings. The predicted molar refractivity (Wildman–Crippen MR) is 103 cm³/mol. The molecular formula is C19H18BrNOS. The zero-order valence-electron chi connectivity index (χ0n) is 13.6. The van der Waals surface area contributed by atoms with Crippen LogP contribution in [0.3, 0.4) is 0 Å². The summed E-state index contributed by atoms with van der Waals surface area (Å²) in [5, 5.41) is 2.05. The van der Waals surface area contributed by atoms with Crippen LogP contribution in [0.4, 0.5) is 5.00 Å². The van der Waals surface area contributed by atoms with Gasteiger partial charge < -0.3 is 4.90 Å². The number of benzene rings is 2. The molecule has 2 nitrogen and oxygen atoms in total. The van der Waals surface area contributed by atoms with E-state index in [-0.39, 0.29) is 5.78 Å². The van der Waals surface area contributed by atoms with E-state index in [9.17, 15) is 4.79 Å². The van der Waals surface area contributed by atoms with Gasteiger partial charge in [0.25, 0.3) is 0 Å². The Morgan fingerprint density at radius 2 is 1.83 bits per heavy atom. The molecule has 2 aromatic carbocycles. The molecule has 23 heavy (non-hydrogen) atoms. The number of carbonyl (C=O) groups is 1. The van der Waals surface area contributed by atoms with Crippen molar-refractivity contribution in [3.63, 3.8) is 0 Å². The van der Waals surface area contributed by atoms with Crippen molar-refractivity contribution in [1.29, 1.82) is 0 Å². The number of fused-ring (bicyclic) bond motifs is 1. The third kappa shape index (κ3) is 2.93. The van der Waals surface area contributed by atoms with Gasteiger partial charge in [-0.15, -0.1) is 11.3 Å². The van der Waals surface area contributed by atoms with Crippen molar-refractivity contribution >= 4 is 48.1 Å². The highest BCUT2D eigenvalue weighted by Crippen LogP contribution is 2.39. The van der Waals surface area contributed by atoms with E-state index in [1.54, 1.807) is 11.3 Å². The van der Waals surface area contributed by atoms with Crippen molar-refractivity contribution in [2.75, 3.05) is 19.0 Å². The lowest BCUT2D eigenvalue weighted by atomic mass is 9.99. The van der Waals surface area contributed by atoms with Gasteiger partial charge in [0.1, 0.15) is 5.00 Å². The SMILES string of the molecule is Cc1ccc2c(C(=O)c3ccc(Br)c(C)c3)c(N(C)C)sc2c1. The number of rotatable bonds is 3. The van der Waals surface area contributed by atoms with E-state index in [1.165, 1.54) is 5.56 Å². The molecule has 0 saturated heterocycles. The topological polar surface area (TPSA) is 20.3 Å². The van der Waals surface area contributed by atoms with Crippen LogP contribution in [0.15, 0.2) is 40.9 Å². The van der Waals surface area contributed by atoms with E-state index >= 15 is 0 Å². The van der Waals surface area contributed by atoms with Crippen LogP contribution < -0.4 is 4.90 Å². The van der Waals surface area contributed by atoms with E-state index in [4.69, 9.17) is 0 Å². The summed E-state index contributed by atoms with van der Waals surface area (Å²) in [6.45, 7) is 4.08. The second-order valence-corrected chi connectivity index (χ2v) is 7.85. The zero-order valence-corrected chi connectivity index (χ0v) is 16.0. The number of hydrogen-bond acceptors (Lipinski definition) is 3. The minimum absolute atomic E-state index is 0.0828. The third-order valence-electron chi connectivity index (χ3n) is 3.88. The summed E-state index contributed by atoms with van der Waals surface area (Å²) in [6.07, 6.45) is 0. The van der Waals surface area contributed by atoms with Crippen LogP contribution in [-0.4, -0.2) is 19.9 Å². The van der Waals surface area contributed by atoms with E-state index < -0.39 is 0 Å². The summed E-state index contributed by atoms with van der Waals surface area (Å²) >= 11 is 5.17. The quantitative estimate of drug-likeness (QED) is 0.546. The average molecular weight is 388 g/mol. The summed E-state index contributed by atoms with van der Waals surface area (Å²) in [4.78, 5) is 15.2. The summed E-state index contributed by atoms with van der Waals surface area (Å²) in [6, 6.07) is 12.1. The van der Waals surface area contributed by atoms with Gasteiger partial charge in [-0.1, -0.05) is 28.1 Å². The predicted octanol–water partition coefficient (Wildman–Crippen LogP) is 5.58. The van der Waals surface area contributed by atoms with Crippen molar-refractivity contribution in [1.82, 2.24) is 0 Å². The molecule has 1 heterocycles. The second-order valence-electron chi connectivity index (χ2n) is 5.97. The molecule has 0 atom stereocenters. The Hall–Kier alpha value is -1.65. The number of carbonyl (C=O) groups excluding carboxylic acids is 1. The van der Waals surface area contributed by atoms with Crippen LogP contribution in [0.25, 0.3) is 10.1 Å². The Morgan fingerprint density at radius 1 is 1.09 bits per heavy atom. The fourth-order valence-electron chi connectivity index (χ4n) is 2.66. The summed E-state index contributed by atoms with van der Waals surface area (Å²) in [7, 11) is 3.97. The normalized spacial score (nSPS) is 11.0. The first-order chi connectivity index (χ1) is 10.9. The van der Waals surface area contributed by atoms with Gasteiger partial charge in [-0.05, 0) is 49.2 Å². The van der Waals surface area contributed by atoms with Gasteiger partial charge in [0.15, 0.2) is 5.78 Å². The maximum absolute atomic E-state index is 13.2. The lowest BCUT2D eigenvalue weighted by molar-refractivity contribution is 0.104. The van der Waals surface area contributed by atoms with Gasteiger partial charge >= 0.3 is 0 Å². The molecule has 4 heteroatoms. The van der Waals surface area contributed by atoms with Gasteiger partial charge in [-0.2, -0.15) is 0 Å². The molecule has 0 saturated carbocycles. The second kappa shape index (κ2) is 6.10. The fraction of sp³-hybridized carbons (Fsp3) is 0.211. The molecule has 0 spiro atoms. The molecule has 0 unspecified atom stereocenters. The lowest BCUT2D eigenvalue weighted by Crippen LogP contribution is -2.12. The van der Waals surface area contributed by atoms with Crippen molar-refractivity contribution < 1.29 is 4.79 Å². The van der Waals surface area contributed by atoms with Crippen LogP contribution in [0.1, 0.15) is 27.0 Å². The minimum Gasteiger partial charge on any atom is -0.369 e. The summed E-state index contributed by atoms with van der Waals surface area (Å²) in [5.41, 5.74) is 3.81. The largest absolute Gasteiger partial charge is 0.369 e. The molecular weight excluding hydrogens is 370 g/mol. The maximum Gasteiger partial charge on any atom is 0.196 e. The Bertz CT molecular complexity index is 911. The highest BCUT2D eigenvalue weighted by atomic mass is 79.9. The first-order valence-electron chi connectivity index (χ1n) is 7.40. The number of aryl methyl sites for hydroxylation is 2. The monoisotopic (exact) mass is 387 g/mol. The van der Waals surface area contributed by atoms with Gasteiger partial charge in [0, 0.05) is 34.2 Å². The lowest BCUT2D eigenvalue weighted by Gasteiger charge is -2.12. The van der Waals surface area contributed by atoms with Gasteiger partial charge in [0.2, 0.25) is 0 Å². The highest BCUT2D eigenvalue weighted by molar-refractivity contribution is 9.10. The first-order valence-corrected chi connectivity index (χ1v) is 9.00. The van der Waals surface area contributed by atoms with Crippen molar-refractivity contribution in [3.05, 3.63) is 63.1 Å². The number of anilines is 1. The summed E-state index contributed by atoms with van der Waals surface area (Å²) in [5.74, 6) is 0.0828. The Morgan fingerprint density at radius 3 is 2.48 bits per heavy atom. The van der Waals surface area contributed by atoms with Crippen molar-refractivity contribution in [3.8, 4) is 0 Å². The molecule has 0 fully saturated rings. The Kier molecular flexibility index (Phi) is 4.30. The number of hydrogen-bond donors (Lipinski definition) is 0. The number of ketones is 1. The molecule has 118 valence electrons.